The number of hydrogen-bond donors (Lipinski definition) is 0. The van der Waals surface area contributed by atoms with Gasteiger partial charge in [0, 0.05) is 0 Å². The predicted molar refractivity (Wildman–Crippen MR) is 83.7 cm³/mol. The smallest absolute Gasteiger partial charge is 0.0913 e. The molecule has 2 heteroatoms. The average Bonchev–Trinajstić information content (AvgIpc) is 3.26. The van der Waals surface area contributed by atoms with Crippen LogP contribution in [0.3, 0.4) is 0 Å². The molecule has 102 valence electrons. The summed E-state index contributed by atoms with van der Waals surface area (Å²) in [5.41, 5.74) is 3.75. The first-order valence-electron chi connectivity index (χ1n) is 7.21. The maximum atomic E-state index is 4.87. The Balaban J connectivity index is 1.81. The molecule has 20 heavy (non-hydrogen) atoms. The van der Waals surface area contributed by atoms with E-state index in [9.17, 15) is 0 Å². The fourth-order valence-corrected chi connectivity index (χ4v) is 2.45. The molecule has 0 aromatic heterocycles. The quantitative estimate of drug-likeness (QED) is 0.599. The van der Waals surface area contributed by atoms with Crippen LogP contribution >= 0.6 is 0 Å². The molecule has 1 aliphatic rings. The lowest BCUT2D eigenvalue weighted by Gasteiger charge is -2.11. The number of rotatable bonds is 4. The van der Waals surface area contributed by atoms with Gasteiger partial charge in [0.05, 0.1) is 18.3 Å². The van der Waals surface area contributed by atoms with Crippen LogP contribution in [0.15, 0.2) is 65.8 Å². The van der Waals surface area contributed by atoms with Crippen molar-refractivity contribution in [2.24, 2.45) is 11.0 Å². The number of hydrogen-bond acceptors (Lipinski definition) is 2. The van der Waals surface area contributed by atoms with Crippen LogP contribution in [0.2, 0.25) is 0 Å². The van der Waals surface area contributed by atoms with Crippen molar-refractivity contribution in [3.05, 3.63) is 71.8 Å². The van der Waals surface area contributed by atoms with Gasteiger partial charge < -0.3 is 0 Å². The molecule has 0 saturated carbocycles. The van der Waals surface area contributed by atoms with Gasteiger partial charge in [0.25, 0.3) is 0 Å². The van der Waals surface area contributed by atoms with Gasteiger partial charge in [0.2, 0.25) is 0 Å². The average molecular weight is 264 g/mol. The molecule has 0 aliphatic carbocycles. The summed E-state index contributed by atoms with van der Waals surface area (Å²) in [6, 6.07) is 21.5. The first-order valence-corrected chi connectivity index (χ1v) is 7.21. The van der Waals surface area contributed by atoms with Crippen LogP contribution in [-0.2, 0) is 0 Å². The molecular weight excluding hydrogens is 244 g/mol. The van der Waals surface area contributed by atoms with Crippen LogP contribution in [0.25, 0.3) is 0 Å². The number of hydrazone groups is 1. The molecule has 2 nitrogen and oxygen atoms in total. The first kappa shape index (κ1) is 12.9. The van der Waals surface area contributed by atoms with E-state index >= 15 is 0 Å². The molecule has 0 N–H and O–H groups in total. The third kappa shape index (κ3) is 2.74. The van der Waals surface area contributed by atoms with E-state index in [4.69, 9.17) is 5.10 Å². The van der Waals surface area contributed by atoms with E-state index in [0.717, 1.165) is 6.54 Å². The fourth-order valence-electron chi connectivity index (χ4n) is 2.45. The molecule has 1 heterocycles. The van der Waals surface area contributed by atoms with Crippen LogP contribution in [0.1, 0.15) is 31.0 Å². The van der Waals surface area contributed by atoms with Crippen molar-refractivity contribution in [2.45, 2.75) is 19.9 Å². The molecule has 1 atom stereocenters. The predicted octanol–water partition coefficient (Wildman–Crippen LogP) is 4.10. The van der Waals surface area contributed by atoms with Crippen LogP contribution in [0.5, 0.6) is 0 Å². The minimum atomic E-state index is 0.425. The Labute approximate surface area is 120 Å². The SMILES string of the molecule is CC(C)C(=NN1CC1c1ccccc1)c1ccccc1. The van der Waals surface area contributed by atoms with Gasteiger partial charge in [0.15, 0.2) is 0 Å². The van der Waals surface area contributed by atoms with Crippen molar-refractivity contribution in [1.29, 1.82) is 0 Å². The largest absolute Gasteiger partial charge is 0.285 e. The summed E-state index contributed by atoms with van der Waals surface area (Å²) < 4.78 is 0. The van der Waals surface area contributed by atoms with E-state index in [-0.39, 0.29) is 0 Å². The summed E-state index contributed by atoms with van der Waals surface area (Å²) in [6.07, 6.45) is 0. The molecule has 0 spiro atoms. The van der Waals surface area contributed by atoms with Crippen LogP contribution in [0.4, 0.5) is 0 Å². The molecule has 1 fully saturated rings. The zero-order valence-corrected chi connectivity index (χ0v) is 12.0. The second kappa shape index (κ2) is 5.49. The highest BCUT2D eigenvalue weighted by atomic mass is 15.6. The van der Waals surface area contributed by atoms with Crippen molar-refractivity contribution in [2.75, 3.05) is 6.54 Å². The first-order chi connectivity index (χ1) is 9.75. The van der Waals surface area contributed by atoms with Crippen LogP contribution in [-0.4, -0.2) is 17.3 Å². The van der Waals surface area contributed by atoms with Gasteiger partial charge in [0.1, 0.15) is 0 Å². The standard InChI is InChI=1S/C18H20N2/c1-14(2)18(16-11-7-4-8-12-16)19-20-13-17(20)15-9-5-3-6-10-15/h3-12,14,17H,13H2,1-2H3. The molecule has 0 amide bonds. The lowest BCUT2D eigenvalue weighted by Crippen LogP contribution is -2.11. The number of nitrogens with zero attached hydrogens (tertiary/aromatic N) is 2. The lowest BCUT2D eigenvalue weighted by atomic mass is 10.0. The molecular formula is C18H20N2. The van der Waals surface area contributed by atoms with Crippen molar-refractivity contribution < 1.29 is 0 Å². The van der Waals surface area contributed by atoms with E-state index in [1.807, 2.05) is 6.07 Å². The third-order valence-electron chi connectivity index (χ3n) is 3.62. The second-order valence-corrected chi connectivity index (χ2v) is 5.55. The highest BCUT2D eigenvalue weighted by Crippen LogP contribution is 2.35. The topological polar surface area (TPSA) is 15.4 Å². The Morgan fingerprint density at radius 3 is 2.20 bits per heavy atom. The summed E-state index contributed by atoms with van der Waals surface area (Å²) in [7, 11) is 0. The zero-order chi connectivity index (χ0) is 13.9. The molecule has 2 aromatic rings. The van der Waals surface area contributed by atoms with Crippen molar-refractivity contribution in [3.8, 4) is 0 Å². The molecule has 1 saturated heterocycles. The normalized spacial score (nSPS) is 18.4. The number of benzene rings is 2. The van der Waals surface area contributed by atoms with Crippen LogP contribution in [0, 0.1) is 5.92 Å². The summed E-state index contributed by atoms with van der Waals surface area (Å²) in [5.74, 6) is 0.425. The molecule has 1 unspecified atom stereocenters. The van der Waals surface area contributed by atoms with E-state index in [1.165, 1.54) is 16.8 Å². The van der Waals surface area contributed by atoms with Gasteiger partial charge in [-0.1, -0.05) is 74.5 Å². The minimum Gasteiger partial charge on any atom is -0.285 e. The van der Waals surface area contributed by atoms with Gasteiger partial charge in [-0.15, -0.1) is 0 Å². The van der Waals surface area contributed by atoms with E-state index in [0.29, 0.717) is 12.0 Å². The third-order valence-corrected chi connectivity index (χ3v) is 3.62. The molecule has 2 aromatic carbocycles. The lowest BCUT2D eigenvalue weighted by molar-refractivity contribution is 0.546. The minimum absolute atomic E-state index is 0.425. The van der Waals surface area contributed by atoms with E-state index in [1.54, 1.807) is 0 Å². The van der Waals surface area contributed by atoms with E-state index < -0.39 is 0 Å². The molecule has 0 bridgehead atoms. The molecule has 3 rings (SSSR count). The van der Waals surface area contributed by atoms with Crippen molar-refractivity contribution in [1.82, 2.24) is 5.01 Å². The van der Waals surface area contributed by atoms with Crippen molar-refractivity contribution in [3.63, 3.8) is 0 Å². The van der Waals surface area contributed by atoms with Gasteiger partial charge in [-0.2, -0.15) is 5.10 Å². The Hall–Kier alpha value is -2.09. The molecule has 1 aliphatic heterocycles. The van der Waals surface area contributed by atoms with E-state index in [2.05, 4.69) is 73.5 Å². The fraction of sp³-hybridized carbons (Fsp3) is 0.278. The van der Waals surface area contributed by atoms with Gasteiger partial charge in [-0.25, -0.2) is 0 Å². The zero-order valence-electron chi connectivity index (χ0n) is 12.0. The maximum absolute atomic E-state index is 4.87. The maximum Gasteiger partial charge on any atom is 0.0913 e. The highest BCUT2D eigenvalue weighted by molar-refractivity contribution is 6.01. The summed E-state index contributed by atoms with van der Waals surface area (Å²) >= 11 is 0. The summed E-state index contributed by atoms with van der Waals surface area (Å²) in [6.45, 7) is 5.42. The Morgan fingerprint density at radius 2 is 1.60 bits per heavy atom. The van der Waals surface area contributed by atoms with Gasteiger partial charge in [-0.3, -0.25) is 5.01 Å². The second-order valence-electron chi connectivity index (χ2n) is 5.55. The summed E-state index contributed by atoms with van der Waals surface area (Å²) in [4.78, 5) is 0. The monoisotopic (exact) mass is 264 g/mol. The Morgan fingerprint density at radius 1 is 1.00 bits per heavy atom. The van der Waals surface area contributed by atoms with Crippen molar-refractivity contribution >= 4 is 5.71 Å². The highest BCUT2D eigenvalue weighted by Gasteiger charge is 2.35. The van der Waals surface area contributed by atoms with Gasteiger partial charge in [-0.05, 0) is 17.0 Å². The Kier molecular flexibility index (Phi) is 3.55. The summed E-state index contributed by atoms with van der Waals surface area (Å²) in [5, 5.41) is 7.04. The molecule has 0 radical (unpaired) electrons. The van der Waals surface area contributed by atoms with Gasteiger partial charge >= 0.3 is 0 Å². The van der Waals surface area contributed by atoms with Crippen LogP contribution < -0.4 is 0 Å². The Bertz CT molecular complexity index is 587.